The van der Waals surface area contributed by atoms with Crippen molar-refractivity contribution < 1.29 is 4.79 Å². The number of nitriles is 1. The minimum atomic E-state index is -0.157. The average Bonchev–Trinajstić information content (AvgIpc) is 2.59. The standard InChI is InChI=1S/C12H16N4OS/c1-16(2)12(17)10-9(14)8(6-13)11(18-10)15-7-4-3-5-7/h7,15H,3-5,14H2,1-2H3. The number of thiophene rings is 1. The Kier molecular flexibility index (Phi) is 3.43. The van der Waals surface area contributed by atoms with E-state index in [1.165, 1.54) is 22.7 Å². The molecule has 2 rings (SSSR count). The summed E-state index contributed by atoms with van der Waals surface area (Å²) < 4.78 is 0. The largest absolute Gasteiger partial charge is 0.396 e. The molecule has 0 saturated heterocycles. The normalized spacial score (nSPS) is 14.7. The van der Waals surface area contributed by atoms with E-state index < -0.39 is 0 Å². The van der Waals surface area contributed by atoms with Crippen LogP contribution in [0.3, 0.4) is 0 Å². The number of nitrogens with one attached hydrogen (secondary N) is 1. The van der Waals surface area contributed by atoms with Crippen molar-refractivity contribution in [2.75, 3.05) is 25.1 Å². The molecule has 0 atom stereocenters. The summed E-state index contributed by atoms with van der Waals surface area (Å²) in [6, 6.07) is 2.50. The minimum Gasteiger partial charge on any atom is -0.396 e. The van der Waals surface area contributed by atoms with Crippen molar-refractivity contribution in [2.24, 2.45) is 0 Å². The van der Waals surface area contributed by atoms with E-state index >= 15 is 0 Å². The third-order valence-electron chi connectivity index (χ3n) is 3.10. The number of nitrogen functional groups attached to an aromatic ring is 1. The summed E-state index contributed by atoms with van der Waals surface area (Å²) in [6.45, 7) is 0. The predicted molar refractivity (Wildman–Crippen MR) is 72.7 cm³/mol. The summed E-state index contributed by atoms with van der Waals surface area (Å²) in [4.78, 5) is 13.8. The van der Waals surface area contributed by atoms with Gasteiger partial charge >= 0.3 is 0 Å². The van der Waals surface area contributed by atoms with Gasteiger partial charge in [0.05, 0.1) is 5.69 Å². The van der Waals surface area contributed by atoms with Crippen LogP contribution in [0.2, 0.25) is 0 Å². The van der Waals surface area contributed by atoms with Gasteiger partial charge in [-0.2, -0.15) is 5.26 Å². The van der Waals surface area contributed by atoms with Crippen LogP contribution in [0, 0.1) is 11.3 Å². The highest BCUT2D eigenvalue weighted by Gasteiger charge is 2.25. The van der Waals surface area contributed by atoms with Crippen LogP contribution in [0.1, 0.15) is 34.5 Å². The molecule has 0 unspecified atom stereocenters. The molecular formula is C12H16N4OS. The number of anilines is 2. The van der Waals surface area contributed by atoms with Crippen molar-refractivity contribution in [3.8, 4) is 6.07 Å². The van der Waals surface area contributed by atoms with E-state index in [1.54, 1.807) is 14.1 Å². The molecular weight excluding hydrogens is 248 g/mol. The van der Waals surface area contributed by atoms with Gasteiger partial charge in [-0.15, -0.1) is 11.3 Å². The van der Waals surface area contributed by atoms with E-state index in [0.29, 0.717) is 22.2 Å². The predicted octanol–water partition coefficient (Wildman–Crippen LogP) is 1.87. The first-order valence-electron chi connectivity index (χ1n) is 5.85. The first-order valence-corrected chi connectivity index (χ1v) is 6.66. The number of hydrogen-bond donors (Lipinski definition) is 2. The average molecular weight is 264 g/mol. The number of hydrogen-bond acceptors (Lipinski definition) is 5. The molecule has 1 aromatic heterocycles. The van der Waals surface area contributed by atoms with Gasteiger partial charge in [-0.3, -0.25) is 4.79 Å². The Bertz CT molecular complexity index is 511. The second-order valence-electron chi connectivity index (χ2n) is 4.63. The molecule has 0 bridgehead atoms. The molecule has 1 fully saturated rings. The third kappa shape index (κ3) is 2.14. The lowest BCUT2D eigenvalue weighted by molar-refractivity contribution is 0.0833. The minimum absolute atomic E-state index is 0.157. The van der Waals surface area contributed by atoms with Crippen LogP contribution in [0.5, 0.6) is 0 Å². The van der Waals surface area contributed by atoms with E-state index in [-0.39, 0.29) is 5.91 Å². The summed E-state index contributed by atoms with van der Waals surface area (Å²) in [7, 11) is 3.35. The Morgan fingerprint density at radius 3 is 2.67 bits per heavy atom. The van der Waals surface area contributed by atoms with Gasteiger partial charge in [0, 0.05) is 20.1 Å². The van der Waals surface area contributed by atoms with E-state index in [9.17, 15) is 4.79 Å². The quantitative estimate of drug-likeness (QED) is 0.873. The van der Waals surface area contributed by atoms with E-state index in [0.717, 1.165) is 17.8 Å². The van der Waals surface area contributed by atoms with Crippen molar-refractivity contribution in [3.05, 3.63) is 10.4 Å². The molecule has 0 spiro atoms. The number of carbonyl (C=O) groups excluding carboxylic acids is 1. The highest BCUT2D eigenvalue weighted by atomic mass is 32.1. The van der Waals surface area contributed by atoms with Gasteiger partial charge in [0.15, 0.2) is 0 Å². The SMILES string of the molecule is CN(C)C(=O)c1sc(NC2CCC2)c(C#N)c1N. The van der Waals surface area contributed by atoms with Crippen LogP contribution in [0.15, 0.2) is 0 Å². The van der Waals surface area contributed by atoms with E-state index in [4.69, 9.17) is 11.0 Å². The van der Waals surface area contributed by atoms with Crippen LogP contribution >= 0.6 is 11.3 Å². The maximum Gasteiger partial charge on any atom is 0.265 e. The van der Waals surface area contributed by atoms with Gasteiger partial charge in [0.1, 0.15) is 21.5 Å². The summed E-state index contributed by atoms with van der Waals surface area (Å²) >= 11 is 1.27. The lowest BCUT2D eigenvalue weighted by Crippen LogP contribution is -2.26. The van der Waals surface area contributed by atoms with Gasteiger partial charge in [-0.1, -0.05) is 0 Å². The molecule has 5 nitrogen and oxygen atoms in total. The Labute approximate surface area is 110 Å². The first-order chi connectivity index (χ1) is 8.54. The molecule has 1 heterocycles. The van der Waals surface area contributed by atoms with Gasteiger partial charge in [-0.25, -0.2) is 0 Å². The molecule has 0 aromatic carbocycles. The second kappa shape index (κ2) is 4.86. The van der Waals surface area contributed by atoms with Crippen LogP contribution in [0.4, 0.5) is 10.7 Å². The van der Waals surface area contributed by atoms with Gasteiger partial charge in [0.25, 0.3) is 5.91 Å². The fraction of sp³-hybridized carbons (Fsp3) is 0.500. The number of amides is 1. The number of nitrogens with two attached hydrogens (primary N) is 1. The zero-order valence-corrected chi connectivity index (χ0v) is 11.3. The maximum absolute atomic E-state index is 11.9. The number of rotatable bonds is 3. The van der Waals surface area contributed by atoms with Gasteiger partial charge in [-0.05, 0) is 19.3 Å². The van der Waals surface area contributed by atoms with Crippen molar-refractivity contribution in [1.82, 2.24) is 4.90 Å². The topological polar surface area (TPSA) is 82.2 Å². The molecule has 6 heteroatoms. The first kappa shape index (κ1) is 12.7. The van der Waals surface area contributed by atoms with Crippen molar-refractivity contribution in [3.63, 3.8) is 0 Å². The molecule has 18 heavy (non-hydrogen) atoms. The molecule has 0 radical (unpaired) electrons. The Hall–Kier alpha value is -1.74. The summed E-state index contributed by atoms with van der Waals surface area (Å²) in [5.74, 6) is -0.157. The Balaban J connectivity index is 2.32. The molecule has 3 N–H and O–H groups in total. The Morgan fingerprint density at radius 2 is 2.22 bits per heavy atom. The molecule has 0 aliphatic heterocycles. The number of carbonyl (C=O) groups is 1. The van der Waals surface area contributed by atoms with Crippen LogP contribution in [-0.2, 0) is 0 Å². The lowest BCUT2D eigenvalue weighted by Gasteiger charge is -2.26. The summed E-state index contributed by atoms with van der Waals surface area (Å²) in [5, 5.41) is 13.2. The second-order valence-corrected chi connectivity index (χ2v) is 5.65. The van der Waals surface area contributed by atoms with Crippen LogP contribution in [0.25, 0.3) is 0 Å². The molecule has 96 valence electrons. The Morgan fingerprint density at radius 1 is 1.56 bits per heavy atom. The highest BCUT2D eigenvalue weighted by Crippen LogP contribution is 2.37. The summed E-state index contributed by atoms with van der Waals surface area (Å²) in [6.07, 6.45) is 3.43. The molecule has 1 amide bonds. The van der Waals surface area contributed by atoms with Crippen LogP contribution < -0.4 is 11.1 Å². The summed E-state index contributed by atoms with van der Waals surface area (Å²) in [5.41, 5.74) is 6.58. The molecule has 1 aliphatic rings. The highest BCUT2D eigenvalue weighted by molar-refractivity contribution is 7.18. The van der Waals surface area contributed by atoms with Crippen molar-refractivity contribution in [1.29, 1.82) is 5.26 Å². The van der Waals surface area contributed by atoms with E-state index in [2.05, 4.69) is 11.4 Å². The third-order valence-corrected chi connectivity index (χ3v) is 4.22. The van der Waals surface area contributed by atoms with Gasteiger partial charge < -0.3 is 16.0 Å². The molecule has 1 aliphatic carbocycles. The maximum atomic E-state index is 11.9. The molecule has 1 aromatic rings. The monoisotopic (exact) mass is 264 g/mol. The zero-order valence-electron chi connectivity index (χ0n) is 10.5. The number of nitrogens with zero attached hydrogens (tertiary/aromatic N) is 2. The van der Waals surface area contributed by atoms with E-state index in [1.807, 2.05) is 0 Å². The fourth-order valence-corrected chi connectivity index (χ4v) is 2.93. The van der Waals surface area contributed by atoms with Crippen molar-refractivity contribution >= 4 is 27.9 Å². The molecule has 1 saturated carbocycles. The van der Waals surface area contributed by atoms with Gasteiger partial charge in [0.2, 0.25) is 0 Å². The lowest BCUT2D eigenvalue weighted by atomic mass is 9.93. The van der Waals surface area contributed by atoms with Crippen LogP contribution in [-0.4, -0.2) is 30.9 Å². The van der Waals surface area contributed by atoms with Crippen molar-refractivity contribution in [2.45, 2.75) is 25.3 Å². The fourth-order valence-electron chi connectivity index (χ4n) is 1.76. The zero-order chi connectivity index (χ0) is 13.3. The smallest absolute Gasteiger partial charge is 0.265 e.